The van der Waals surface area contributed by atoms with Gasteiger partial charge in [-0.15, -0.1) is 0 Å². The first-order chi connectivity index (χ1) is 11.0. The largest absolute Gasteiger partial charge is 0.394 e. The Labute approximate surface area is 140 Å². The van der Waals surface area contributed by atoms with Gasteiger partial charge in [-0.1, -0.05) is 30.3 Å². The van der Waals surface area contributed by atoms with Gasteiger partial charge < -0.3 is 20.5 Å². The van der Waals surface area contributed by atoms with E-state index >= 15 is 0 Å². The summed E-state index contributed by atoms with van der Waals surface area (Å²) in [7, 11) is 0. The van der Waals surface area contributed by atoms with Gasteiger partial charge in [-0.3, -0.25) is 9.36 Å². The summed E-state index contributed by atoms with van der Waals surface area (Å²) in [6, 6.07) is 8.65. The van der Waals surface area contributed by atoms with Crippen LogP contribution in [0, 0.1) is 10.1 Å². The lowest BCUT2D eigenvalue weighted by Crippen LogP contribution is -2.41. The first-order valence-electron chi connectivity index (χ1n) is 6.80. The van der Waals surface area contributed by atoms with Crippen LogP contribution in [0.5, 0.6) is 0 Å². The lowest BCUT2D eigenvalue weighted by atomic mass is 10.1. The van der Waals surface area contributed by atoms with Crippen molar-refractivity contribution in [2.45, 2.75) is 19.0 Å². The minimum atomic E-state index is -0.608. The molecule has 0 saturated heterocycles. The summed E-state index contributed by atoms with van der Waals surface area (Å²) in [6.45, 7) is -0.128. The maximum atomic E-state index is 12.0. The minimum Gasteiger partial charge on any atom is -0.394 e. The fourth-order valence-electron chi connectivity index (χ4n) is 2.04. The van der Waals surface area contributed by atoms with E-state index in [9.17, 15) is 20.0 Å². The summed E-state index contributed by atoms with van der Waals surface area (Å²) in [5.74, 6) is -0.537. The van der Waals surface area contributed by atoms with E-state index in [1.165, 1.54) is 10.8 Å². The summed E-state index contributed by atoms with van der Waals surface area (Å²) in [5, 5.41) is 22.8. The normalized spacial score (nSPS) is 11.9. The van der Waals surface area contributed by atoms with Crippen molar-refractivity contribution in [2.75, 3.05) is 6.61 Å². The molecule has 0 bridgehead atoms. The molecule has 1 heterocycles. The first-order valence-corrected chi connectivity index (χ1v) is 7.60. The van der Waals surface area contributed by atoms with Crippen LogP contribution in [-0.2, 0) is 17.8 Å². The second kappa shape index (κ2) is 7.84. The molecule has 0 saturated carbocycles. The van der Waals surface area contributed by atoms with Gasteiger partial charge in [0, 0.05) is 22.5 Å². The predicted octanol–water partition coefficient (Wildman–Crippen LogP) is 1.27. The highest BCUT2D eigenvalue weighted by molar-refractivity contribution is 9.10. The average Bonchev–Trinajstić information content (AvgIpc) is 2.89. The molecule has 0 aliphatic carbocycles. The Morgan fingerprint density at radius 3 is 2.70 bits per heavy atom. The summed E-state index contributed by atoms with van der Waals surface area (Å²) in [4.78, 5) is 25.8. The number of nitrogens with one attached hydrogen (secondary N) is 1. The Balaban J connectivity index is 1.97. The SMILES string of the molecule is O=C(Cc1ccccc1)NC(CO)Cn1cc([N+](=O)[O-])nc1Br. The Bertz CT molecular complexity index is 689. The smallest absolute Gasteiger partial charge is 0.382 e. The molecule has 0 radical (unpaired) electrons. The molecule has 0 aliphatic heterocycles. The number of aliphatic hydroxyl groups excluding tert-OH is 1. The van der Waals surface area contributed by atoms with E-state index < -0.39 is 11.0 Å². The van der Waals surface area contributed by atoms with Gasteiger partial charge in [-0.05, 0) is 15.5 Å². The molecule has 2 aromatic rings. The molecule has 1 aromatic heterocycles. The first kappa shape index (κ1) is 17.1. The van der Waals surface area contributed by atoms with Crippen molar-refractivity contribution < 1.29 is 14.8 Å². The van der Waals surface area contributed by atoms with Gasteiger partial charge >= 0.3 is 5.82 Å². The zero-order chi connectivity index (χ0) is 16.8. The number of aliphatic hydroxyl groups is 1. The Hall–Kier alpha value is -2.26. The zero-order valence-electron chi connectivity index (χ0n) is 12.1. The second-order valence-electron chi connectivity index (χ2n) is 4.89. The van der Waals surface area contributed by atoms with Crippen molar-refractivity contribution in [1.82, 2.24) is 14.9 Å². The number of halogens is 1. The molecular weight excluding hydrogens is 368 g/mol. The van der Waals surface area contributed by atoms with Crippen LogP contribution >= 0.6 is 15.9 Å². The Kier molecular flexibility index (Phi) is 5.83. The maximum Gasteiger partial charge on any atom is 0.382 e. The third-order valence-corrected chi connectivity index (χ3v) is 3.75. The number of carbonyl (C=O) groups is 1. The lowest BCUT2D eigenvalue weighted by Gasteiger charge is -2.16. The van der Waals surface area contributed by atoms with Gasteiger partial charge in [0.2, 0.25) is 5.91 Å². The average molecular weight is 383 g/mol. The van der Waals surface area contributed by atoms with E-state index in [1.54, 1.807) is 0 Å². The van der Waals surface area contributed by atoms with Crippen LogP contribution in [0.2, 0.25) is 0 Å². The quantitative estimate of drug-likeness (QED) is 0.553. The van der Waals surface area contributed by atoms with Crippen LogP contribution < -0.4 is 5.32 Å². The molecule has 2 rings (SSSR count). The highest BCUT2D eigenvalue weighted by Gasteiger charge is 2.20. The summed E-state index contributed by atoms with van der Waals surface area (Å²) >= 11 is 3.12. The number of nitrogens with zero attached hydrogens (tertiary/aromatic N) is 3. The number of imidazole rings is 1. The Morgan fingerprint density at radius 1 is 1.43 bits per heavy atom. The molecule has 1 aromatic carbocycles. The molecule has 0 aliphatic rings. The van der Waals surface area contributed by atoms with Crippen molar-refractivity contribution in [3.63, 3.8) is 0 Å². The van der Waals surface area contributed by atoms with Gasteiger partial charge in [0.25, 0.3) is 4.73 Å². The number of amides is 1. The predicted molar refractivity (Wildman–Crippen MR) is 85.7 cm³/mol. The number of hydrogen-bond donors (Lipinski definition) is 2. The van der Waals surface area contributed by atoms with E-state index in [2.05, 4.69) is 26.2 Å². The van der Waals surface area contributed by atoms with E-state index in [-0.39, 0.29) is 36.0 Å². The molecule has 1 atom stereocenters. The van der Waals surface area contributed by atoms with Crippen LogP contribution in [0.25, 0.3) is 0 Å². The fraction of sp³-hybridized carbons (Fsp3) is 0.286. The number of rotatable bonds is 7. The van der Waals surface area contributed by atoms with E-state index in [1.807, 2.05) is 30.3 Å². The monoisotopic (exact) mass is 382 g/mol. The fourth-order valence-corrected chi connectivity index (χ4v) is 2.47. The van der Waals surface area contributed by atoms with Gasteiger partial charge in [0.1, 0.15) is 6.20 Å². The standard InChI is InChI=1S/C14H15BrN4O4/c15-14-17-12(19(22)23)8-18(14)7-11(9-20)16-13(21)6-10-4-2-1-3-5-10/h1-5,8,11,20H,6-7,9H2,(H,16,21). The van der Waals surface area contributed by atoms with Crippen LogP contribution in [0.3, 0.4) is 0 Å². The van der Waals surface area contributed by atoms with Gasteiger partial charge in [0.05, 0.1) is 19.1 Å². The minimum absolute atomic E-state index is 0.165. The van der Waals surface area contributed by atoms with Gasteiger partial charge in [-0.2, -0.15) is 0 Å². The molecule has 0 fully saturated rings. The number of aromatic nitrogens is 2. The summed E-state index contributed by atoms with van der Waals surface area (Å²) in [5.41, 5.74) is 0.862. The topological polar surface area (TPSA) is 110 Å². The molecule has 1 unspecified atom stereocenters. The molecule has 122 valence electrons. The summed E-state index contributed by atoms with van der Waals surface area (Å²) < 4.78 is 1.72. The molecule has 1 amide bonds. The number of hydrogen-bond acceptors (Lipinski definition) is 5. The second-order valence-corrected chi connectivity index (χ2v) is 5.60. The molecule has 9 heteroatoms. The van der Waals surface area contributed by atoms with Gasteiger partial charge in [-0.25, -0.2) is 0 Å². The van der Waals surface area contributed by atoms with Crippen molar-refractivity contribution in [2.24, 2.45) is 0 Å². The van der Waals surface area contributed by atoms with Gasteiger partial charge in [0.15, 0.2) is 0 Å². The van der Waals surface area contributed by atoms with Crippen LogP contribution in [-0.4, -0.2) is 38.1 Å². The van der Waals surface area contributed by atoms with E-state index in [4.69, 9.17) is 0 Å². The van der Waals surface area contributed by atoms with E-state index in [0.717, 1.165) is 5.56 Å². The molecule has 8 nitrogen and oxygen atoms in total. The Morgan fingerprint density at radius 2 is 2.13 bits per heavy atom. The van der Waals surface area contributed by atoms with Crippen molar-refractivity contribution >= 4 is 27.7 Å². The van der Waals surface area contributed by atoms with E-state index in [0.29, 0.717) is 0 Å². The maximum absolute atomic E-state index is 12.0. The van der Waals surface area contributed by atoms with Crippen LogP contribution in [0.1, 0.15) is 5.56 Å². The molecular formula is C14H15BrN4O4. The van der Waals surface area contributed by atoms with Crippen molar-refractivity contribution in [1.29, 1.82) is 0 Å². The highest BCUT2D eigenvalue weighted by atomic mass is 79.9. The molecule has 23 heavy (non-hydrogen) atoms. The summed E-state index contributed by atoms with van der Waals surface area (Å²) in [6.07, 6.45) is 1.44. The van der Waals surface area contributed by atoms with Crippen LogP contribution in [0.4, 0.5) is 5.82 Å². The third-order valence-electron chi connectivity index (χ3n) is 3.11. The zero-order valence-corrected chi connectivity index (χ0v) is 13.6. The molecule has 0 spiro atoms. The number of carbonyl (C=O) groups excluding carboxylic acids is 1. The van der Waals surface area contributed by atoms with Crippen LogP contribution in [0.15, 0.2) is 41.3 Å². The third kappa shape index (κ3) is 4.86. The lowest BCUT2D eigenvalue weighted by molar-refractivity contribution is -0.389. The van der Waals surface area contributed by atoms with Crippen molar-refractivity contribution in [3.8, 4) is 0 Å². The molecule has 2 N–H and O–H groups in total. The number of benzene rings is 1. The number of nitro groups is 1. The van der Waals surface area contributed by atoms with Crippen molar-refractivity contribution in [3.05, 3.63) is 56.9 Å². The highest BCUT2D eigenvalue weighted by Crippen LogP contribution is 2.16.